The van der Waals surface area contributed by atoms with Crippen molar-refractivity contribution in [2.24, 2.45) is 0 Å². The van der Waals surface area contributed by atoms with Gasteiger partial charge in [-0.3, -0.25) is 4.79 Å². The van der Waals surface area contributed by atoms with Gasteiger partial charge < -0.3 is 4.90 Å². The third kappa shape index (κ3) is 4.72. The van der Waals surface area contributed by atoms with Gasteiger partial charge in [-0.05, 0) is 42.0 Å². The molecular weight excluding hydrogens is 426 g/mol. The predicted molar refractivity (Wildman–Crippen MR) is 107 cm³/mol. The first-order chi connectivity index (χ1) is 13.3. The summed E-state index contributed by atoms with van der Waals surface area (Å²) in [6.07, 6.45) is 3.00. The lowest BCUT2D eigenvalue weighted by atomic mass is 10.2. The fourth-order valence-corrected chi connectivity index (χ4v) is 4.59. The number of carbonyl (C=O) groups is 1. The second-order valence-electron chi connectivity index (χ2n) is 6.19. The van der Waals surface area contributed by atoms with E-state index in [-0.39, 0.29) is 52.8 Å². The largest absolute Gasteiger partial charge is 0.337 e. The first kappa shape index (κ1) is 20.8. The van der Waals surface area contributed by atoms with E-state index < -0.39 is 10.0 Å². The molecule has 2 aromatic rings. The molecular formula is C19H17Cl2FN2O3S. The Kier molecular flexibility index (Phi) is 6.40. The lowest BCUT2D eigenvalue weighted by Gasteiger charge is -2.33. The van der Waals surface area contributed by atoms with Crippen LogP contribution in [0.25, 0.3) is 6.08 Å². The van der Waals surface area contributed by atoms with Gasteiger partial charge in [-0.2, -0.15) is 4.31 Å². The Labute approximate surface area is 173 Å². The summed E-state index contributed by atoms with van der Waals surface area (Å²) in [4.78, 5) is 13.9. The molecule has 0 atom stereocenters. The Hall–Kier alpha value is -1.93. The summed E-state index contributed by atoms with van der Waals surface area (Å²) in [5.41, 5.74) is 0.704. The number of amides is 1. The number of rotatable bonds is 4. The molecule has 5 nitrogen and oxygen atoms in total. The Balaban J connectivity index is 1.62. The van der Waals surface area contributed by atoms with E-state index in [1.165, 1.54) is 40.7 Å². The average Bonchev–Trinajstić information content (AvgIpc) is 2.69. The van der Waals surface area contributed by atoms with E-state index in [0.29, 0.717) is 5.56 Å². The van der Waals surface area contributed by atoms with Crippen LogP contribution in [0.15, 0.2) is 53.4 Å². The molecule has 0 saturated carbocycles. The van der Waals surface area contributed by atoms with Crippen LogP contribution in [0.2, 0.25) is 10.0 Å². The summed E-state index contributed by atoms with van der Waals surface area (Å²) in [6, 6.07) is 9.95. The second-order valence-corrected chi connectivity index (χ2v) is 8.94. The maximum atomic E-state index is 12.9. The van der Waals surface area contributed by atoms with Gasteiger partial charge in [0.05, 0.1) is 14.9 Å². The van der Waals surface area contributed by atoms with Gasteiger partial charge in [0.25, 0.3) is 0 Å². The maximum absolute atomic E-state index is 12.9. The summed E-state index contributed by atoms with van der Waals surface area (Å²) in [5, 5.41) is 0.450. The fourth-order valence-electron chi connectivity index (χ4n) is 2.78. The molecule has 9 heteroatoms. The molecule has 0 aromatic heterocycles. The van der Waals surface area contributed by atoms with Crippen molar-refractivity contribution in [2.45, 2.75) is 4.90 Å². The van der Waals surface area contributed by atoms with Gasteiger partial charge in [-0.25, -0.2) is 12.8 Å². The van der Waals surface area contributed by atoms with Crippen LogP contribution in [0.4, 0.5) is 4.39 Å². The van der Waals surface area contributed by atoms with Crippen LogP contribution in [-0.4, -0.2) is 49.7 Å². The second kappa shape index (κ2) is 8.61. The average molecular weight is 443 g/mol. The predicted octanol–water partition coefficient (Wildman–Crippen LogP) is 3.68. The third-order valence-electron chi connectivity index (χ3n) is 4.37. The van der Waals surface area contributed by atoms with Gasteiger partial charge in [0, 0.05) is 32.3 Å². The van der Waals surface area contributed by atoms with Crippen LogP contribution >= 0.6 is 23.2 Å². The van der Waals surface area contributed by atoms with Crippen LogP contribution in [0.1, 0.15) is 5.56 Å². The highest BCUT2D eigenvalue weighted by molar-refractivity contribution is 7.89. The van der Waals surface area contributed by atoms with E-state index in [1.54, 1.807) is 23.1 Å². The van der Waals surface area contributed by atoms with Gasteiger partial charge in [0.15, 0.2) is 0 Å². The quantitative estimate of drug-likeness (QED) is 0.678. The Morgan fingerprint density at radius 2 is 1.61 bits per heavy atom. The number of halogens is 3. The molecule has 148 valence electrons. The molecule has 1 aliphatic rings. The van der Waals surface area contributed by atoms with Crippen LogP contribution in [-0.2, 0) is 14.8 Å². The number of sulfonamides is 1. The van der Waals surface area contributed by atoms with Crippen molar-refractivity contribution in [1.82, 2.24) is 9.21 Å². The number of piperazine rings is 1. The summed E-state index contributed by atoms with van der Waals surface area (Å²) >= 11 is 11.8. The summed E-state index contributed by atoms with van der Waals surface area (Å²) in [7, 11) is -3.71. The van der Waals surface area contributed by atoms with Gasteiger partial charge >= 0.3 is 0 Å². The molecule has 0 bridgehead atoms. The third-order valence-corrected chi connectivity index (χ3v) is 7.00. The molecule has 1 amide bonds. The number of hydrogen-bond acceptors (Lipinski definition) is 3. The first-order valence-electron chi connectivity index (χ1n) is 8.45. The highest BCUT2D eigenvalue weighted by atomic mass is 35.5. The van der Waals surface area contributed by atoms with E-state index in [4.69, 9.17) is 23.2 Å². The molecule has 1 heterocycles. The molecule has 0 spiro atoms. The van der Waals surface area contributed by atoms with Crippen molar-refractivity contribution in [2.75, 3.05) is 26.2 Å². The van der Waals surface area contributed by atoms with Crippen molar-refractivity contribution >= 4 is 45.2 Å². The molecule has 0 aliphatic carbocycles. The van der Waals surface area contributed by atoms with Gasteiger partial charge in [0.1, 0.15) is 5.82 Å². The molecule has 1 aliphatic heterocycles. The lowest BCUT2D eigenvalue weighted by Crippen LogP contribution is -2.50. The van der Waals surface area contributed by atoms with Crippen molar-refractivity contribution < 1.29 is 17.6 Å². The first-order valence-corrected chi connectivity index (χ1v) is 10.6. The number of hydrogen-bond donors (Lipinski definition) is 0. The standard InChI is InChI=1S/C19H17Cl2FN2O3S/c20-17-7-6-16(13-18(17)21)28(26,27)24-11-9-23(10-12-24)19(25)8-3-14-1-4-15(22)5-2-14/h1-8,13H,9-12H2/b8-3+. The van der Waals surface area contributed by atoms with Crippen molar-refractivity contribution in [3.63, 3.8) is 0 Å². The minimum atomic E-state index is -3.71. The number of carbonyl (C=O) groups excluding carboxylic acids is 1. The fraction of sp³-hybridized carbons (Fsp3) is 0.211. The molecule has 0 radical (unpaired) electrons. The van der Waals surface area contributed by atoms with Crippen molar-refractivity contribution in [3.05, 3.63) is 70.0 Å². The SMILES string of the molecule is O=C(/C=C/c1ccc(F)cc1)N1CCN(S(=O)(=O)c2ccc(Cl)c(Cl)c2)CC1. The Morgan fingerprint density at radius 1 is 0.964 bits per heavy atom. The van der Waals surface area contributed by atoms with Gasteiger partial charge in [-0.15, -0.1) is 0 Å². The summed E-state index contributed by atoms with van der Waals surface area (Å²) < 4.78 is 39.7. The van der Waals surface area contributed by atoms with E-state index in [1.807, 2.05) is 0 Å². The molecule has 0 N–H and O–H groups in total. The topological polar surface area (TPSA) is 57.7 Å². The van der Waals surface area contributed by atoms with Crippen LogP contribution in [0.3, 0.4) is 0 Å². The van der Waals surface area contributed by atoms with E-state index in [9.17, 15) is 17.6 Å². The lowest BCUT2D eigenvalue weighted by molar-refractivity contribution is -0.127. The van der Waals surface area contributed by atoms with Crippen LogP contribution < -0.4 is 0 Å². The van der Waals surface area contributed by atoms with E-state index >= 15 is 0 Å². The maximum Gasteiger partial charge on any atom is 0.246 e. The highest BCUT2D eigenvalue weighted by Gasteiger charge is 2.29. The molecule has 1 fully saturated rings. The minimum Gasteiger partial charge on any atom is -0.337 e. The molecule has 3 rings (SSSR count). The zero-order valence-electron chi connectivity index (χ0n) is 14.7. The highest BCUT2D eigenvalue weighted by Crippen LogP contribution is 2.27. The smallest absolute Gasteiger partial charge is 0.246 e. The Morgan fingerprint density at radius 3 is 2.21 bits per heavy atom. The molecule has 28 heavy (non-hydrogen) atoms. The summed E-state index contributed by atoms with van der Waals surface area (Å²) in [5.74, 6) is -0.571. The summed E-state index contributed by atoms with van der Waals surface area (Å²) in [6.45, 7) is 0.900. The normalized spacial score (nSPS) is 15.9. The van der Waals surface area contributed by atoms with Crippen molar-refractivity contribution in [3.8, 4) is 0 Å². The van der Waals surface area contributed by atoms with E-state index in [0.717, 1.165) is 0 Å². The molecule has 1 saturated heterocycles. The molecule has 2 aromatic carbocycles. The van der Waals surface area contributed by atoms with Crippen molar-refractivity contribution in [1.29, 1.82) is 0 Å². The monoisotopic (exact) mass is 442 g/mol. The molecule has 0 unspecified atom stereocenters. The number of nitrogens with zero attached hydrogens (tertiary/aromatic N) is 2. The Bertz CT molecular complexity index is 1000. The number of benzene rings is 2. The van der Waals surface area contributed by atoms with Crippen LogP contribution in [0.5, 0.6) is 0 Å². The van der Waals surface area contributed by atoms with E-state index in [2.05, 4.69) is 0 Å². The zero-order valence-corrected chi connectivity index (χ0v) is 17.0. The zero-order chi connectivity index (χ0) is 20.3. The van der Waals surface area contributed by atoms with Gasteiger partial charge in [-0.1, -0.05) is 35.3 Å². The van der Waals surface area contributed by atoms with Gasteiger partial charge in [0.2, 0.25) is 15.9 Å². The van der Waals surface area contributed by atoms with Crippen LogP contribution in [0, 0.1) is 5.82 Å². The minimum absolute atomic E-state index is 0.0675.